The van der Waals surface area contributed by atoms with Crippen LogP contribution in [0.2, 0.25) is 0 Å². The number of hydrogen-bond donors (Lipinski definition) is 3. The number of methoxy groups -OCH3 is 1. The van der Waals surface area contributed by atoms with Gasteiger partial charge in [0.1, 0.15) is 23.3 Å². The first-order valence-corrected chi connectivity index (χ1v) is 18.8. The molecule has 0 saturated carbocycles. The summed E-state index contributed by atoms with van der Waals surface area (Å²) >= 11 is 0. The molecule has 0 spiro atoms. The zero-order valence-electron chi connectivity index (χ0n) is 31.8. The maximum Gasteiger partial charge on any atom is 0.410 e. The van der Waals surface area contributed by atoms with Crippen molar-refractivity contribution in [3.63, 3.8) is 0 Å². The number of fused-ring (bicyclic) bond motifs is 1. The molecule has 1 unspecified atom stereocenters. The largest absolute Gasteiger partial charge is 0.453 e. The lowest BCUT2D eigenvalue weighted by Crippen LogP contribution is -2.51. The molecule has 2 saturated heterocycles. The third-order valence-corrected chi connectivity index (χ3v) is 10.3. The van der Waals surface area contributed by atoms with Gasteiger partial charge in [-0.05, 0) is 92.3 Å². The van der Waals surface area contributed by atoms with Gasteiger partial charge >= 0.3 is 12.2 Å². The topological polar surface area (TPSA) is 146 Å². The second-order valence-electron chi connectivity index (χ2n) is 15.6. The molecule has 2 fully saturated rings. The Bertz CT molecular complexity index is 2130. The number of imidazole rings is 2. The highest BCUT2D eigenvalue weighted by Crippen LogP contribution is 2.35. The van der Waals surface area contributed by atoms with Crippen LogP contribution in [0.4, 0.5) is 9.59 Å². The summed E-state index contributed by atoms with van der Waals surface area (Å²) < 4.78 is 10.4. The molecule has 4 heterocycles. The van der Waals surface area contributed by atoms with Gasteiger partial charge in [-0.2, -0.15) is 0 Å². The number of nitrogens with zero attached hydrogens (tertiary/aromatic N) is 4. The summed E-state index contributed by atoms with van der Waals surface area (Å²) in [7, 11) is 1.30. The Hall–Kier alpha value is -5.65. The SMILES string of the molecule is COC(=O)N[C@H](C(=O)N1CCC[C@H]1c1ncc(-c2ccc(-c3ccc(-c4ccc5nc(C6CCCN6C(=O)OC(C)(C)C)[nH]c5c4)cc3)cc2)[nH]1)C(C)C. The molecule has 282 valence electrons. The van der Waals surface area contributed by atoms with Crippen molar-refractivity contribution in [3.8, 4) is 33.5 Å². The highest BCUT2D eigenvalue weighted by atomic mass is 16.6. The van der Waals surface area contributed by atoms with Crippen molar-refractivity contribution in [3.05, 3.63) is 84.6 Å². The quantitative estimate of drug-likeness (QED) is 0.145. The Morgan fingerprint density at radius 3 is 1.98 bits per heavy atom. The number of benzene rings is 3. The van der Waals surface area contributed by atoms with Gasteiger partial charge in [-0.3, -0.25) is 9.69 Å². The van der Waals surface area contributed by atoms with Crippen LogP contribution in [0.1, 0.15) is 84.0 Å². The van der Waals surface area contributed by atoms with Crippen LogP contribution in [0.5, 0.6) is 0 Å². The number of alkyl carbamates (subject to hydrolysis) is 1. The monoisotopic (exact) mass is 731 g/mol. The van der Waals surface area contributed by atoms with E-state index < -0.39 is 17.7 Å². The van der Waals surface area contributed by atoms with Gasteiger partial charge in [0.25, 0.3) is 0 Å². The standard InChI is InChI=1S/C42H49N7O5/c1-25(2)36(47-40(51)53-6)39(50)48-21-7-9-34(48)37-43-24-33(46-37)29-17-15-27(16-18-29)26-11-13-28(14-12-26)30-19-20-31-32(23-30)45-38(44-31)35-10-8-22-49(35)41(52)54-42(3,4)5/h11-20,23-25,34-36H,7-10,21-22H2,1-6H3,(H,43,46)(H,44,45)(H,47,51)/t34-,35?,36-/m0/s1. The Labute approximate surface area is 315 Å². The molecular formula is C42H49N7O5. The van der Waals surface area contributed by atoms with Crippen LogP contribution in [0, 0.1) is 5.92 Å². The number of aromatic nitrogens is 4. The van der Waals surface area contributed by atoms with E-state index >= 15 is 0 Å². The van der Waals surface area contributed by atoms with Crippen LogP contribution in [0.3, 0.4) is 0 Å². The first-order valence-electron chi connectivity index (χ1n) is 18.8. The minimum absolute atomic E-state index is 0.0948. The lowest BCUT2D eigenvalue weighted by molar-refractivity contribution is -0.135. The second-order valence-corrected chi connectivity index (χ2v) is 15.6. The zero-order chi connectivity index (χ0) is 38.1. The van der Waals surface area contributed by atoms with Crippen molar-refractivity contribution in [2.45, 2.75) is 84.0 Å². The van der Waals surface area contributed by atoms with Gasteiger partial charge < -0.3 is 29.7 Å². The third kappa shape index (κ3) is 7.69. The smallest absolute Gasteiger partial charge is 0.410 e. The molecule has 2 aliphatic rings. The number of nitrogens with one attached hydrogen (secondary N) is 3. The maximum absolute atomic E-state index is 13.5. The van der Waals surface area contributed by atoms with Crippen LogP contribution in [-0.4, -0.2) is 79.7 Å². The first-order chi connectivity index (χ1) is 25.9. The van der Waals surface area contributed by atoms with Crippen molar-refractivity contribution in [2.24, 2.45) is 5.92 Å². The van der Waals surface area contributed by atoms with Gasteiger partial charge in [0.2, 0.25) is 5.91 Å². The van der Waals surface area contributed by atoms with Crippen molar-refractivity contribution in [2.75, 3.05) is 20.2 Å². The molecule has 2 aliphatic heterocycles. The molecule has 5 aromatic rings. The molecular weight excluding hydrogens is 683 g/mol. The van der Waals surface area contributed by atoms with E-state index in [2.05, 4.69) is 80.9 Å². The van der Waals surface area contributed by atoms with E-state index in [1.54, 1.807) is 4.90 Å². The van der Waals surface area contributed by atoms with Gasteiger partial charge in [-0.15, -0.1) is 0 Å². The molecule has 12 nitrogen and oxygen atoms in total. The Morgan fingerprint density at radius 2 is 1.37 bits per heavy atom. The van der Waals surface area contributed by atoms with Crippen molar-refractivity contribution in [1.82, 2.24) is 35.1 Å². The van der Waals surface area contributed by atoms with Crippen LogP contribution in [-0.2, 0) is 14.3 Å². The lowest BCUT2D eigenvalue weighted by Gasteiger charge is -2.30. The molecule has 0 aliphatic carbocycles. The van der Waals surface area contributed by atoms with Crippen molar-refractivity contribution < 1.29 is 23.9 Å². The number of carbonyl (C=O) groups excluding carboxylic acids is 3. The number of H-pyrrole nitrogens is 2. The van der Waals surface area contributed by atoms with E-state index in [-0.39, 0.29) is 30.0 Å². The number of likely N-dealkylation sites (tertiary alicyclic amines) is 2. The van der Waals surface area contributed by atoms with E-state index in [4.69, 9.17) is 14.5 Å². The van der Waals surface area contributed by atoms with Crippen LogP contribution in [0.25, 0.3) is 44.5 Å². The second kappa shape index (κ2) is 15.0. The number of aromatic amines is 2. The summed E-state index contributed by atoms with van der Waals surface area (Å²) in [4.78, 5) is 58.4. The van der Waals surface area contributed by atoms with Gasteiger partial charge in [-0.1, -0.05) is 68.4 Å². The Kier molecular flexibility index (Phi) is 10.2. The summed E-state index contributed by atoms with van der Waals surface area (Å²) in [6.45, 7) is 10.7. The molecule has 7 rings (SSSR count). The van der Waals surface area contributed by atoms with E-state index in [1.807, 2.05) is 51.8 Å². The maximum atomic E-state index is 13.5. The average molecular weight is 732 g/mol. The molecule has 0 radical (unpaired) electrons. The summed E-state index contributed by atoms with van der Waals surface area (Å²) in [5.41, 5.74) is 7.49. The predicted molar refractivity (Wildman–Crippen MR) is 207 cm³/mol. The van der Waals surface area contributed by atoms with Crippen LogP contribution in [0.15, 0.2) is 72.9 Å². The van der Waals surface area contributed by atoms with E-state index in [1.165, 1.54) is 7.11 Å². The highest BCUT2D eigenvalue weighted by Gasteiger charge is 2.38. The van der Waals surface area contributed by atoms with Gasteiger partial charge in [0.15, 0.2) is 0 Å². The molecule has 54 heavy (non-hydrogen) atoms. The van der Waals surface area contributed by atoms with Crippen LogP contribution < -0.4 is 5.32 Å². The molecule has 2 aromatic heterocycles. The van der Waals surface area contributed by atoms with Gasteiger partial charge in [0.05, 0.1) is 42.1 Å². The normalized spacial score (nSPS) is 18.0. The summed E-state index contributed by atoms with van der Waals surface area (Å²) in [5, 5.41) is 2.70. The number of amides is 3. The van der Waals surface area contributed by atoms with E-state index in [9.17, 15) is 14.4 Å². The summed E-state index contributed by atoms with van der Waals surface area (Å²) in [6, 6.07) is 22.1. The zero-order valence-corrected chi connectivity index (χ0v) is 31.8. The summed E-state index contributed by atoms with van der Waals surface area (Å²) in [6.07, 6.45) is 4.31. The summed E-state index contributed by atoms with van der Waals surface area (Å²) in [5.74, 6) is 1.30. The molecule has 0 bridgehead atoms. The average Bonchev–Trinajstić information content (AvgIpc) is 3.98. The minimum Gasteiger partial charge on any atom is -0.453 e. The van der Waals surface area contributed by atoms with Crippen molar-refractivity contribution >= 4 is 29.1 Å². The Balaban J connectivity index is 1.02. The molecule has 3 amide bonds. The predicted octanol–water partition coefficient (Wildman–Crippen LogP) is 8.40. The molecule has 3 N–H and O–H groups in total. The number of hydrogen-bond acceptors (Lipinski definition) is 7. The fraction of sp³-hybridized carbons (Fsp3) is 0.405. The fourth-order valence-corrected chi connectivity index (χ4v) is 7.50. The lowest BCUT2D eigenvalue weighted by atomic mass is 9.99. The number of ether oxygens (including phenoxy) is 2. The minimum atomic E-state index is -0.677. The van der Waals surface area contributed by atoms with Gasteiger partial charge in [-0.25, -0.2) is 19.6 Å². The molecule has 3 atom stereocenters. The number of rotatable bonds is 8. The van der Waals surface area contributed by atoms with E-state index in [0.717, 1.165) is 81.9 Å². The Morgan fingerprint density at radius 1 is 0.796 bits per heavy atom. The van der Waals surface area contributed by atoms with Crippen molar-refractivity contribution in [1.29, 1.82) is 0 Å². The molecule has 12 heteroatoms. The number of carbonyl (C=O) groups is 3. The third-order valence-electron chi connectivity index (χ3n) is 10.3. The first kappa shape index (κ1) is 36.7. The van der Waals surface area contributed by atoms with E-state index in [0.29, 0.717) is 13.1 Å². The molecule has 3 aromatic carbocycles. The van der Waals surface area contributed by atoms with Crippen LogP contribution >= 0.6 is 0 Å². The fourth-order valence-electron chi connectivity index (χ4n) is 7.50. The highest BCUT2D eigenvalue weighted by molar-refractivity contribution is 5.86. The van der Waals surface area contributed by atoms with Gasteiger partial charge in [0, 0.05) is 13.1 Å².